The van der Waals surface area contributed by atoms with Crippen LogP contribution in [0.2, 0.25) is 0 Å². The third-order valence-electron chi connectivity index (χ3n) is 2.60. The molecule has 1 aliphatic heterocycles. The van der Waals surface area contributed by atoms with Crippen molar-refractivity contribution in [3.05, 3.63) is 11.1 Å². The first-order valence-corrected chi connectivity index (χ1v) is 7.82. The molecule has 2 rings (SSSR count). The number of aromatic nitrogens is 1. The second-order valence-corrected chi connectivity index (χ2v) is 7.40. The van der Waals surface area contributed by atoms with E-state index in [-0.39, 0.29) is 5.75 Å². The van der Waals surface area contributed by atoms with Crippen molar-refractivity contribution in [2.45, 2.75) is 13.0 Å². The molecular formula is C9H15N3O2S2. The zero-order chi connectivity index (χ0) is 11.6. The summed E-state index contributed by atoms with van der Waals surface area (Å²) in [7, 11) is -2.82. The van der Waals surface area contributed by atoms with Crippen LogP contribution in [0.1, 0.15) is 11.3 Å². The lowest BCUT2D eigenvalue weighted by molar-refractivity contribution is 0.289. The first-order chi connectivity index (χ1) is 7.55. The number of thiazole rings is 1. The maximum absolute atomic E-state index is 11.4. The minimum absolute atomic E-state index is 0.265. The van der Waals surface area contributed by atoms with Gasteiger partial charge in [0.2, 0.25) is 0 Å². The Bertz CT molecular complexity index is 455. The van der Waals surface area contributed by atoms with E-state index in [2.05, 4.69) is 9.88 Å². The van der Waals surface area contributed by atoms with Gasteiger partial charge in [-0.25, -0.2) is 13.4 Å². The summed E-state index contributed by atoms with van der Waals surface area (Å²) >= 11 is 1.46. The molecule has 5 nitrogen and oxygen atoms in total. The van der Waals surface area contributed by atoms with E-state index in [1.807, 2.05) is 0 Å². The van der Waals surface area contributed by atoms with Gasteiger partial charge in [0.25, 0.3) is 0 Å². The number of nitrogens with two attached hydrogens (primary N) is 1. The fourth-order valence-electron chi connectivity index (χ4n) is 1.76. The van der Waals surface area contributed by atoms with Gasteiger partial charge in [0.15, 0.2) is 15.0 Å². The minimum Gasteiger partial charge on any atom is -0.375 e. The average Bonchev–Trinajstić information content (AvgIpc) is 2.52. The Morgan fingerprint density at radius 3 is 2.94 bits per heavy atom. The van der Waals surface area contributed by atoms with Crippen molar-refractivity contribution in [2.75, 3.05) is 30.3 Å². The molecule has 1 saturated heterocycles. The van der Waals surface area contributed by atoms with Crippen LogP contribution in [-0.4, -0.2) is 42.9 Å². The predicted molar refractivity (Wildman–Crippen MR) is 65.1 cm³/mol. The van der Waals surface area contributed by atoms with Crippen LogP contribution in [-0.2, 0) is 16.4 Å². The number of hydrogen-bond acceptors (Lipinski definition) is 6. The quantitative estimate of drug-likeness (QED) is 0.831. The highest BCUT2D eigenvalue weighted by atomic mass is 32.2. The summed E-state index contributed by atoms with van der Waals surface area (Å²) in [6, 6.07) is 0. The Morgan fingerprint density at radius 2 is 2.25 bits per heavy atom. The molecule has 0 atom stereocenters. The Labute approximate surface area is 99.2 Å². The van der Waals surface area contributed by atoms with Crippen molar-refractivity contribution in [1.82, 2.24) is 9.88 Å². The third kappa shape index (κ3) is 3.16. The Morgan fingerprint density at radius 1 is 1.44 bits per heavy atom. The maximum atomic E-state index is 11.4. The molecule has 0 aliphatic carbocycles. The molecule has 1 aliphatic rings. The standard InChI is InChI=1S/C9H15N3O2S2/c10-9-11-6-8(15-9)7-12-2-1-4-16(13,14)5-3-12/h6H,1-5,7H2,(H2,10,11). The molecule has 2 heterocycles. The molecule has 1 aromatic rings. The van der Waals surface area contributed by atoms with Gasteiger partial charge in [-0.1, -0.05) is 0 Å². The van der Waals surface area contributed by atoms with Crippen LogP contribution in [0.25, 0.3) is 0 Å². The van der Waals surface area contributed by atoms with Crippen molar-refractivity contribution in [3.63, 3.8) is 0 Å². The molecule has 16 heavy (non-hydrogen) atoms. The molecule has 0 spiro atoms. The summed E-state index contributed by atoms with van der Waals surface area (Å²) in [6.07, 6.45) is 2.48. The SMILES string of the molecule is Nc1ncc(CN2CCCS(=O)(=O)CC2)s1. The van der Waals surface area contributed by atoms with Crippen molar-refractivity contribution < 1.29 is 8.42 Å². The lowest BCUT2D eigenvalue weighted by Crippen LogP contribution is -2.26. The highest BCUT2D eigenvalue weighted by Crippen LogP contribution is 2.17. The first-order valence-electron chi connectivity index (χ1n) is 5.18. The summed E-state index contributed by atoms with van der Waals surface area (Å²) < 4.78 is 22.8. The fraction of sp³-hybridized carbons (Fsp3) is 0.667. The molecule has 1 aromatic heterocycles. The van der Waals surface area contributed by atoms with E-state index in [0.29, 0.717) is 17.4 Å². The second kappa shape index (κ2) is 4.68. The van der Waals surface area contributed by atoms with Gasteiger partial charge < -0.3 is 5.73 Å². The van der Waals surface area contributed by atoms with Gasteiger partial charge in [0.1, 0.15) is 0 Å². The lowest BCUT2D eigenvalue weighted by atomic mass is 10.4. The topological polar surface area (TPSA) is 76.3 Å². The normalized spacial score (nSPS) is 21.8. The molecule has 0 aromatic carbocycles. The van der Waals surface area contributed by atoms with Crippen LogP contribution in [0, 0.1) is 0 Å². The Balaban J connectivity index is 1.96. The van der Waals surface area contributed by atoms with E-state index in [0.717, 1.165) is 24.4 Å². The number of nitrogens with zero attached hydrogens (tertiary/aromatic N) is 2. The summed E-state index contributed by atoms with van der Waals surface area (Å²) in [6.45, 7) is 2.20. The van der Waals surface area contributed by atoms with E-state index in [1.165, 1.54) is 11.3 Å². The van der Waals surface area contributed by atoms with E-state index >= 15 is 0 Å². The minimum atomic E-state index is -2.82. The second-order valence-electron chi connectivity index (χ2n) is 3.95. The average molecular weight is 261 g/mol. The van der Waals surface area contributed by atoms with Gasteiger partial charge in [-0.2, -0.15) is 0 Å². The van der Waals surface area contributed by atoms with Crippen LogP contribution in [0.15, 0.2) is 6.20 Å². The summed E-state index contributed by atoms with van der Waals surface area (Å²) in [5, 5.41) is 0.567. The van der Waals surface area contributed by atoms with Gasteiger partial charge in [-0.3, -0.25) is 4.90 Å². The van der Waals surface area contributed by atoms with Crippen LogP contribution in [0.3, 0.4) is 0 Å². The van der Waals surface area contributed by atoms with Crippen LogP contribution in [0.5, 0.6) is 0 Å². The van der Waals surface area contributed by atoms with Crippen LogP contribution < -0.4 is 5.73 Å². The van der Waals surface area contributed by atoms with E-state index in [1.54, 1.807) is 6.20 Å². The number of anilines is 1. The van der Waals surface area contributed by atoms with Crippen molar-refractivity contribution in [1.29, 1.82) is 0 Å². The predicted octanol–water partition coefficient (Wildman–Crippen LogP) is 0.346. The van der Waals surface area contributed by atoms with Crippen LogP contribution >= 0.6 is 11.3 Å². The molecule has 7 heteroatoms. The third-order valence-corrected chi connectivity index (χ3v) is 5.13. The largest absolute Gasteiger partial charge is 0.375 e. The smallest absolute Gasteiger partial charge is 0.180 e. The number of sulfone groups is 1. The maximum Gasteiger partial charge on any atom is 0.180 e. The van der Waals surface area contributed by atoms with Gasteiger partial charge in [0, 0.05) is 24.2 Å². The number of rotatable bonds is 2. The molecular weight excluding hydrogens is 246 g/mol. The zero-order valence-electron chi connectivity index (χ0n) is 8.92. The molecule has 90 valence electrons. The lowest BCUT2D eigenvalue weighted by Gasteiger charge is -2.17. The first kappa shape index (κ1) is 11.8. The molecule has 0 unspecified atom stereocenters. The Kier molecular flexibility index (Phi) is 3.46. The fourth-order valence-corrected chi connectivity index (χ4v) is 3.80. The molecule has 0 amide bonds. The molecule has 0 bridgehead atoms. The van der Waals surface area contributed by atoms with Crippen molar-refractivity contribution in [3.8, 4) is 0 Å². The van der Waals surface area contributed by atoms with Crippen LogP contribution in [0.4, 0.5) is 5.13 Å². The number of hydrogen-bond donors (Lipinski definition) is 1. The Hall–Kier alpha value is -0.660. The van der Waals surface area contributed by atoms with Gasteiger partial charge in [-0.15, -0.1) is 11.3 Å². The highest BCUT2D eigenvalue weighted by molar-refractivity contribution is 7.91. The van der Waals surface area contributed by atoms with Crippen molar-refractivity contribution >= 4 is 26.3 Å². The molecule has 1 fully saturated rings. The molecule has 0 saturated carbocycles. The van der Waals surface area contributed by atoms with E-state index in [9.17, 15) is 8.42 Å². The van der Waals surface area contributed by atoms with Crippen molar-refractivity contribution in [2.24, 2.45) is 0 Å². The van der Waals surface area contributed by atoms with E-state index in [4.69, 9.17) is 5.73 Å². The van der Waals surface area contributed by atoms with Gasteiger partial charge >= 0.3 is 0 Å². The number of nitrogen functional groups attached to an aromatic ring is 1. The van der Waals surface area contributed by atoms with Gasteiger partial charge in [0.05, 0.1) is 11.5 Å². The summed E-state index contributed by atoms with van der Waals surface area (Å²) in [5.41, 5.74) is 5.55. The van der Waals surface area contributed by atoms with E-state index < -0.39 is 9.84 Å². The molecule has 0 radical (unpaired) electrons. The monoisotopic (exact) mass is 261 g/mol. The zero-order valence-corrected chi connectivity index (χ0v) is 10.6. The molecule has 2 N–H and O–H groups in total. The summed E-state index contributed by atoms with van der Waals surface area (Å²) in [4.78, 5) is 7.23. The summed E-state index contributed by atoms with van der Waals surface area (Å²) in [5.74, 6) is 0.579. The highest BCUT2D eigenvalue weighted by Gasteiger charge is 2.19. The van der Waals surface area contributed by atoms with Gasteiger partial charge in [-0.05, 0) is 13.0 Å².